The monoisotopic (exact) mass is 375 g/mol. The average molecular weight is 376 g/mol. The first-order valence-electron chi connectivity index (χ1n) is 8.02. The quantitative estimate of drug-likeness (QED) is 0.796. The van der Waals surface area contributed by atoms with Crippen molar-refractivity contribution in [2.24, 2.45) is 5.92 Å². The van der Waals surface area contributed by atoms with Crippen molar-refractivity contribution in [2.75, 3.05) is 13.1 Å². The van der Waals surface area contributed by atoms with Crippen LogP contribution in [0.1, 0.15) is 22.3 Å². The number of benzene rings is 2. The van der Waals surface area contributed by atoms with Gasteiger partial charge in [-0.2, -0.15) is 0 Å². The first-order valence-corrected chi connectivity index (χ1v) is 9.38. The molecule has 0 aromatic heterocycles. The molecule has 1 saturated heterocycles. The van der Waals surface area contributed by atoms with Crippen molar-refractivity contribution < 1.29 is 14.7 Å². The Morgan fingerprint density at radius 2 is 1.80 bits per heavy atom. The molecule has 6 heteroatoms. The third-order valence-corrected chi connectivity index (χ3v) is 5.58. The van der Waals surface area contributed by atoms with E-state index in [0.29, 0.717) is 25.1 Å². The molecule has 2 aromatic carbocycles. The van der Waals surface area contributed by atoms with E-state index in [0.717, 1.165) is 21.2 Å². The number of carbonyl (C=O) groups excluding carboxylic acids is 1. The fraction of sp³-hybridized carbons (Fsp3) is 0.263. The zero-order chi connectivity index (χ0) is 17.8. The summed E-state index contributed by atoms with van der Waals surface area (Å²) in [6, 6.07) is 15.2. The number of rotatable bonds is 5. The minimum absolute atomic E-state index is 0.0966. The van der Waals surface area contributed by atoms with E-state index in [9.17, 15) is 9.59 Å². The number of amides is 1. The highest BCUT2D eigenvalue weighted by Gasteiger charge is 2.31. The molecule has 0 aliphatic carbocycles. The van der Waals surface area contributed by atoms with Crippen LogP contribution in [0.5, 0.6) is 0 Å². The maximum atomic E-state index is 12.5. The Morgan fingerprint density at radius 3 is 2.40 bits per heavy atom. The van der Waals surface area contributed by atoms with E-state index in [1.165, 1.54) is 0 Å². The van der Waals surface area contributed by atoms with Crippen LogP contribution in [-0.2, 0) is 10.5 Å². The summed E-state index contributed by atoms with van der Waals surface area (Å²) < 4.78 is 0. The Balaban J connectivity index is 1.57. The second-order valence-corrected chi connectivity index (χ2v) is 7.50. The summed E-state index contributed by atoms with van der Waals surface area (Å²) >= 11 is 7.58. The van der Waals surface area contributed by atoms with Gasteiger partial charge < -0.3 is 10.0 Å². The number of aliphatic carboxylic acids is 1. The van der Waals surface area contributed by atoms with E-state index in [1.54, 1.807) is 16.7 Å². The summed E-state index contributed by atoms with van der Waals surface area (Å²) in [7, 11) is 0. The number of carboxylic acids is 1. The summed E-state index contributed by atoms with van der Waals surface area (Å²) in [5.74, 6) is -0.564. The smallest absolute Gasteiger partial charge is 0.308 e. The molecular weight excluding hydrogens is 358 g/mol. The van der Waals surface area contributed by atoms with Crippen LogP contribution in [0.15, 0.2) is 53.4 Å². The second kappa shape index (κ2) is 7.93. The number of hydrogen-bond acceptors (Lipinski definition) is 3. The molecule has 0 spiro atoms. The second-order valence-electron chi connectivity index (χ2n) is 6.01. The van der Waals surface area contributed by atoms with Crippen LogP contribution in [0, 0.1) is 5.92 Å². The van der Waals surface area contributed by atoms with Gasteiger partial charge in [0.2, 0.25) is 0 Å². The maximum absolute atomic E-state index is 12.5. The molecule has 1 fully saturated rings. The van der Waals surface area contributed by atoms with Gasteiger partial charge in [-0.25, -0.2) is 0 Å². The molecule has 1 amide bonds. The van der Waals surface area contributed by atoms with E-state index in [2.05, 4.69) is 0 Å². The van der Waals surface area contributed by atoms with Crippen molar-refractivity contribution in [2.45, 2.75) is 17.1 Å². The van der Waals surface area contributed by atoms with Gasteiger partial charge in [0.25, 0.3) is 5.91 Å². The van der Waals surface area contributed by atoms with Gasteiger partial charge in [-0.15, -0.1) is 11.8 Å². The van der Waals surface area contributed by atoms with Crippen LogP contribution in [-0.4, -0.2) is 35.0 Å². The Hall–Kier alpha value is -1.98. The van der Waals surface area contributed by atoms with E-state index in [4.69, 9.17) is 16.7 Å². The molecule has 25 heavy (non-hydrogen) atoms. The average Bonchev–Trinajstić information content (AvgIpc) is 3.11. The lowest BCUT2D eigenvalue weighted by Gasteiger charge is -2.16. The summed E-state index contributed by atoms with van der Waals surface area (Å²) in [5.41, 5.74) is 1.73. The standard InChI is InChI=1S/C19H18ClNO3S/c20-16-5-7-17(8-6-16)25-12-13-1-3-14(4-2-13)18(22)21-10-9-15(11-21)19(23)24/h1-8,15H,9-12H2,(H,23,24). The van der Waals surface area contributed by atoms with Gasteiger partial charge >= 0.3 is 5.97 Å². The Bertz CT molecular complexity index is 761. The largest absolute Gasteiger partial charge is 0.481 e. The topological polar surface area (TPSA) is 57.6 Å². The van der Waals surface area contributed by atoms with Crippen molar-refractivity contribution in [3.63, 3.8) is 0 Å². The molecule has 130 valence electrons. The first kappa shape index (κ1) is 17.8. The number of nitrogens with zero attached hydrogens (tertiary/aromatic N) is 1. The highest BCUT2D eigenvalue weighted by molar-refractivity contribution is 7.98. The molecule has 1 heterocycles. The molecule has 0 radical (unpaired) electrons. The Labute approximate surface area is 155 Å². The number of halogens is 1. The lowest BCUT2D eigenvalue weighted by atomic mass is 10.1. The summed E-state index contributed by atoms with van der Waals surface area (Å²) in [5, 5.41) is 9.76. The third kappa shape index (κ3) is 4.55. The highest BCUT2D eigenvalue weighted by Crippen LogP contribution is 2.25. The van der Waals surface area contributed by atoms with Gasteiger partial charge in [0, 0.05) is 34.3 Å². The van der Waals surface area contributed by atoms with E-state index in [1.807, 2.05) is 48.5 Å². The minimum Gasteiger partial charge on any atom is -0.481 e. The zero-order valence-electron chi connectivity index (χ0n) is 13.5. The molecular formula is C19H18ClNO3S. The highest BCUT2D eigenvalue weighted by atomic mass is 35.5. The van der Waals surface area contributed by atoms with Crippen LogP contribution < -0.4 is 0 Å². The van der Waals surface area contributed by atoms with Gasteiger partial charge in [0.15, 0.2) is 0 Å². The number of hydrogen-bond donors (Lipinski definition) is 1. The first-order chi connectivity index (χ1) is 12.0. The van der Waals surface area contributed by atoms with Crippen molar-refractivity contribution >= 4 is 35.2 Å². The molecule has 0 bridgehead atoms. The minimum atomic E-state index is -0.829. The van der Waals surface area contributed by atoms with Crippen molar-refractivity contribution in [1.82, 2.24) is 4.90 Å². The lowest BCUT2D eigenvalue weighted by molar-refractivity contribution is -0.141. The van der Waals surface area contributed by atoms with Crippen LogP contribution in [0.4, 0.5) is 0 Å². The van der Waals surface area contributed by atoms with Gasteiger partial charge in [-0.3, -0.25) is 9.59 Å². The molecule has 1 atom stereocenters. The Morgan fingerprint density at radius 1 is 1.12 bits per heavy atom. The van der Waals surface area contributed by atoms with Crippen molar-refractivity contribution in [3.8, 4) is 0 Å². The van der Waals surface area contributed by atoms with Crippen LogP contribution in [0.3, 0.4) is 0 Å². The number of carbonyl (C=O) groups is 2. The fourth-order valence-electron chi connectivity index (χ4n) is 2.77. The van der Waals surface area contributed by atoms with Gasteiger partial charge in [-0.05, 0) is 48.4 Å². The molecule has 2 aromatic rings. The number of thioether (sulfide) groups is 1. The molecule has 1 aliphatic rings. The molecule has 1 unspecified atom stereocenters. The van der Waals surface area contributed by atoms with Crippen LogP contribution in [0.25, 0.3) is 0 Å². The molecule has 1 aliphatic heterocycles. The van der Waals surface area contributed by atoms with E-state index in [-0.39, 0.29) is 5.91 Å². The normalized spacial score (nSPS) is 16.8. The summed E-state index contributed by atoms with van der Waals surface area (Å²) in [4.78, 5) is 26.2. The van der Waals surface area contributed by atoms with Gasteiger partial charge in [0.05, 0.1) is 5.92 Å². The zero-order valence-corrected chi connectivity index (χ0v) is 15.1. The van der Waals surface area contributed by atoms with Gasteiger partial charge in [0.1, 0.15) is 0 Å². The SMILES string of the molecule is O=C(O)C1CCN(C(=O)c2ccc(CSc3ccc(Cl)cc3)cc2)C1. The number of likely N-dealkylation sites (tertiary alicyclic amines) is 1. The molecule has 3 rings (SSSR count). The number of carboxylic acid groups (broad SMARTS) is 1. The summed E-state index contributed by atoms with van der Waals surface area (Å²) in [6.45, 7) is 0.798. The van der Waals surface area contributed by atoms with Gasteiger partial charge in [-0.1, -0.05) is 23.7 Å². The third-order valence-electron chi connectivity index (χ3n) is 4.24. The molecule has 1 N–H and O–H groups in total. The maximum Gasteiger partial charge on any atom is 0.308 e. The van der Waals surface area contributed by atoms with E-state index >= 15 is 0 Å². The predicted molar refractivity (Wildman–Crippen MR) is 99.1 cm³/mol. The predicted octanol–water partition coefficient (Wildman–Crippen LogP) is 4.18. The van der Waals surface area contributed by atoms with Crippen LogP contribution in [0.2, 0.25) is 5.02 Å². The molecule has 4 nitrogen and oxygen atoms in total. The fourth-order valence-corrected chi connectivity index (χ4v) is 3.75. The molecule has 0 saturated carbocycles. The lowest BCUT2D eigenvalue weighted by Crippen LogP contribution is -2.29. The van der Waals surface area contributed by atoms with Crippen LogP contribution >= 0.6 is 23.4 Å². The van der Waals surface area contributed by atoms with Crippen molar-refractivity contribution in [3.05, 3.63) is 64.7 Å². The Kier molecular flexibility index (Phi) is 5.66. The van der Waals surface area contributed by atoms with Crippen molar-refractivity contribution in [1.29, 1.82) is 0 Å². The van der Waals surface area contributed by atoms with E-state index < -0.39 is 11.9 Å². The summed E-state index contributed by atoms with van der Waals surface area (Å²) in [6.07, 6.45) is 0.525.